The fourth-order valence-electron chi connectivity index (χ4n) is 2.39. The molecule has 5 nitrogen and oxygen atoms in total. The zero-order valence-electron chi connectivity index (χ0n) is 11.4. The molecule has 1 amide bonds. The molecular weight excluding hydrogens is 232 g/mol. The van der Waals surface area contributed by atoms with E-state index in [9.17, 15) is 14.7 Å². The summed E-state index contributed by atoms with van der Waals surface area (Å²) < 4.78 is 0. The maximum absolute atomic E-state index is 12.2. The summed E-state index contributed by atoms with van der Waals surface area (Å²) in [6, 6.07) is -0.937. The number of rotatable bonds is 4. The van der Waals surface area contributed by atoms with E-state index in [0.717, 1.165) is 12.8 Å². The van der Waals surface area contributed by atoms with Crippen LogP contribution in [0.4, 0.5) is 0 Å². The smallest absolute Gasteiger partial charge is 0.326 e. The first kappa shape index (κ1) is 15.0. The van der Waals surface area contributed by atoms with Crippen molar-refractivity contribution in [3.63, 3.8) is 0 Å². The summed E-state index contributed by atoms with van der Waals surface area (Å²) >= 11 is 0. The second kappa shape index (κ2) is 6.18. The van der Waals surface area contributed by atoms with E-state index in [1.54, 1.807) is 13.8 Å². The van der Waals surface area contributed by atoms with Crippen molar-refractivity contribution in [1.82, 2.24) is 4.90 Å². The van der Waals surface area contributed by atoms with Crippen molar-refractivity contribution in [2.24, 2.45) is 17.6 Å². The lowest BCUT2D eigenvalue weighted by atomic mass is 9.87. The fraction of sp³-hybridized carbons (Fsp3) is 0.846. The van der Waals surface area contributed by atoms with Crippen LogP contribution < -0.4 is 5.73 Å². The van der Waals surface area contributed by atoms with Gasteiger partial charge in [0, 0.05) is 12.6 Å². The SMILES string of the molecule is CCC1CCN(C(=O)C(C)C(C)N)C(C(=O)O)C1. The van der Waals surface area contributed by atoms with Crippen LogP contribution >= 0.6 is 0 Å². The Balaban J connectivity index is 2.80. The summed E-state index contributed by atoms with van der Waals surface area (Å²) in [5.74, 6) is -0.962. The maximum Gasteiger partial charge on any atom is 0.326 e. The molecule has 1 fully saturated rings. The minimum Gasteiger partial charge on any atom is -0.480 e. The van der Waals surface area contributed by atoms with E-state index in [1.807, 2.05) is 0 Å². The molecule has 5 heteroatoms. The molecule has 1 heterocycles. The standard InChI is InChI=1S/C13H24N2O3/c1-4-10-5-6-15(11(7-10)13(17)18)12(16)8(2)9(3)14/h8-11H,4-7,14H2,1-3H3,(H,17,18). The van der Waals surface area contributed by atoms with Gasteiger partial charge >= 0.3 is 5.97 Å². The molecule has 4 unspecified atom stereocenters. The topological polar surface area (TPSA) is 83.6 Å². The number of likely N-dealkylation sites (tertiary alicyclic amines) is 1. The van der Waals surface area contributed by atoms with E-state index >= 15 is 0 Å². The van der Waals surface area contributed by atoms with Gasteiger partial charge in [-0.05, 0) is 25.7 Å². The highest BCUT2D eigenvalue weighted by Gasteiger charge is 2.37. The van der Waals surface area contributed by atoms with Crippen LogP contribution in [0.15, 0.2) is 0 Å². The molecule has 1 rings (SSSR count). The summed E-state index contributed by atoms with van der Waals surface area (Å²) in [5.41, 5.74) is 5.72. The number of aliphatic carboxylic acids is 1. The Hall–Kier alpha value is -1.10. The summed E-state index contributed by atoms with van der Waals surface area (Å²) in [7, 11) is 0. The molecule has 0 bridgehead atoms. The number of carbonyl (C=O) groups is 2. The number of hydrogen-bond donors (Lipinski definition) is 2. The molecule has 1 aliphatic rings. The number of hydrogen-bond acceptors (Lipinski definition) is 3. The van der Waals surface area contributed by atoms with Gasteiger partial charge in [0.25, 0.3) is 0 Å². The molecule has 104 valence electrons. The number of nitrogens with two attached hydrogens (primary N) is 1. The van der Waals surface area contributed by atoms with Gasteiger partial charge in [0.1, 0.15) is 6.04 Å². The second-order valence-corrected chi connectivity index (χ2v) is 5.33. The molecule has 1 aliphatic heterocycles. The predicted octanol–water partition coefficient (Wildman–Crippen LogP) is 1.07. The quantitative estimate of drug-likeness (QED) is 0.788. The zero-order chi connectivity index (χ0) is 13.9. The Morgan fingerprint density at radius 1 is 1.44 bits per heavy atom. The van der Waals surface area contributed by atoms with Gasteiger partial charge in [0.15, 0.2) is 0 Å². The predicted molar refractivity (Wildman–Crippen MR) is 69.0 cm³/mol. The molecule has 4 atom stereocenters. The largest absolute Gasteiger partial charge is 0.480 e. The van der Waals surface area contributed by atoms with E-state index in [1.165, 1.54) is 4.90 Å². The zero-order valence-corrected chi connectivity index (χ0v) is 11.4. The molecule has 3 N–H and O–H groups in total. The van der Waals surface area contributed by atoms with Crippen molar-refractivity contribution in [2.75, 3.05) is 6.54 Å². The summed E-state index contributed by atoms with van der Waals surface area (Å²) in [4.78, 5) is 25.0. The third-order valence-electron chi connectivity index (χ3n) is 4.03. The van der Waals surface area contributed by atoms with Gasteiger partial charge in [0.2, 0.25) is 5.91 Å². The normalized spacial score (nSPS) is 27.7. The van der Waals surface area contributed by atoms with Crippen molar-refractivity contribution in [3.8, 4) is 0 Å². The first-order valence-electron chi connectivity index (χ1n) is 6.67. The van der Waals surface area contributed by atoms with Gasteiger partial charge in [-0.25, -0.2) is 4.79 Å². The average molecular weight is 256 g/mol. The minimum atomic E-state index is -0.904. The Morgan fingerprint density at radius 2 is 2.06 bits per heavy atom. The Bertz CT molecular complexity index is 317. The van der Waals surface area contributed by atoms with Crippen LogP contribution in [-0.2, 0) is 9.59 Å². The first-order chi connectivity index (χ1) is 8.38. The molecule has 0 aromatic carbocycles. The Labute approximate surface area is 108 Å². The molecule has 1 saturated heterocycles. The maximum atomic E-state index is 12.2. The van der Waals surface area contributed by atoms with Crippen LogP contribution in [0.1, 0.15) is 40.0 Å². The van der Waals surface area contributed by atoms with Gasteiger partial charge in [-0.15, -0.1) is 0 Å². The number of piperidine rings is 1. The van der Waals surface area contributed by atoms with Crippen molar-refractivity contribution in [1.29, 1.82) is 0 Å². The second-order valence-electron chi connectivity index (χ2n) is 5.33. The third kappa shape index (κ3) is 3.22. The van der Waals surface area contributed by atoms with Crippen LogP contribution in [0.25, 0.3) is 0 Å². The van der Waals surface area contributed by atoms with Gasteiger partial charge in [-0.1, -0.05) is 20.3 Å². The molecule has 18 heavy (non-hydrogen) atoms. The van der Waals surface area contributed by atoms with Crippen LogP contribution in [0, 0.1) is 11.8 Å². The molecule has 0 spiro atoms. The number of carboxylic acids is 1. The lowest BCUT2D eigenvalue weighted by Gasteiger charge is -2.38. The summed E-state index contributed by atoms with van der Waals surface area (Å²) in [6.07, 6.45) is 2.41. The van der Waals surface area contributed by atoms with Gasteiger partial charge in [-0.2, -0.15) is 0 Å². The molecule has 0 aliphatic carbocycles. The number of nitrogens with zero attached hydrogens (tertiary/aromatic N) is 1. The molecule has 0 aromatic heterocycles. The Morgan fingerprint density at radius 3 is 2.50 bits per heavy atom. The minimum absolute atomic E-state index is 0.132. The van der Waals surface area contributed by atoms with Crippen molar-refractivity contribution in [2.45, 2.75) is 52.1 Å². The van der Waals surface area contributed by atoms with Gasteiger partial charge in [-0.3, -0.25) is 4.79 Å². The summed E-state index contributed by atoms with van der Waals surface area (Å²) in [5, 5.41) is 9.27. The van der Waals surface area contributed by atoms with Crippen molar-refractivity contribution >= 4 is 11.9 Å². The monoisotopic (exact) mass is 256 g/mol. The van der Waals surface area contributed by atoms with Crippen molar-refractivity contribution in [3.05, 3.63) is 0 Å². The molecule has 0 saturated carbocycles. The highest BCUT2D eigenvalue weighted by atomic mass is 16.4. The molecule has 0 aromatic rings. The first-order valence-corrected chi connectivity index (χ1v) is 6.67. The fourth-order valence-corrected chi connectivity index (χ4v) is 2.39. The van der Waals surface area contributed by atoms with E-state index in [2.05, 4.69) is 6.92 Å². The van der Waals surface area contributed by atoms with E-state index in [4.69, 9.17) is 5.73 Å². The lowest BCUT2D eigenvalue weighted by molar-refractivity contribution is -0.155. The van der Waals surface area contributed by atoms with E-state index in [0.29, 0.717) is 18.9 Å². The number of carboxylic acid groups (broad SMARTS) is 1. The van der Waals surface area contributed by atoms with Crippen LogP contribution in [-0.4, -0.2) is 40.5 Å². The van der Waals surface area contributed by atoms with Crippen molar-refractivity contribution < 1.29 is 14.7 Å². The van der Waals surface area contributed by atoms with Gasteiger partial charge in [0.05, 0.1) is 5.92 Å². The third-order valence-corrected chi connectivity index (χ3v) is 4.03. The van der Waals surface area contributed by atoms with Crippen LogP contribution in [0.3, 0.4) is 0 Å². The number of amides is 1. The molecular formula is C13H24N2O3. The summed E-state index contributed by atoms with van der Waals surface area (Å²) in [6.45, 7) is 6.13. The number of carbonyl (C=O) groups excluding carboxylic acids is 1. The highest BCUT2D eigenvalue weighted by Crippen LogP contribution is 2.27. The Kier molecular flexibility index (Phi) is 5.14. The molecule has 0 radical (unpaired) electrons. The van der Waals surface area contributed by atoms with Crippen LogP contribution in [0.2, 0.25) is 0 Å². The van der Waals surface area contributed by atoms with E-state index in [-0.39, 0.29) is 17.9 Å². The lowest BCUT2D eigenvalue weighted by Crippen LogP contribution is -2.53. The average Bonchev–Trinajstić information content (AvgIpc) is 2.35. The van der Waals surface area contributed by atoms with Crippen LogP contribution in [0.5, 0.6) is 0 Å². The highest BCUT2D eigenvalue weighted by molar-refractivity contribution is 5.85. The van der Waals surface area contributed by atoms with Gasteiger partial charge < -0.3 is 15.7 Å². The van der Waals surface area contributed by atoms with E-state index < -0.39 is 12.0 Å².